The van der Waals surface area contributed by atoms with Gasteiger partial charge in [-0.15, -0.1) is 0 Å². The molecule has 8 nitrogen and oxygen atoms in total. The monoisotopic (exact) mass is 226 g/mol. The number of H-pyrrole nitrogens is 1. The van der Waals surface area contributed by atoms with E-state index in [0.717, 1.165) is 0 Å². The van der Waals surface area contributed by atoms with Crippen molar-refractivity contribution in [2.75, 3.05) is 13.2 Å². The molecule has 2 unspecified atom stereocenters. The van der Waals surface area contributed by atoms with Crippen molar-refractivity contribution >= 4 is 11.9 Å². The van der Waals surface area contributed by atoms with Crippen LogP contribution in [0, 0.1) is 5.92 Å². The molecular weight excluding hydrogens is 216 g/mol. The Balaban J connectivity index is 1.99. The minimum Gasteiger partial charge on any atom is -0.481 e. The zero-order chi connectivity index (χ0) is 11.5. The summed E-state index contributed by atoms with van der Waals surface area (Å²) in [4.78, 5) is 22.4. The number of nitrogens with one attached hydrogen (secondary N) is 2. The second-order valence-electron chi connectivity index (χ2n) is 3.42. The van der Waals surface area contributed by atoms with E-state index in [0.29, 0.717) is 0 Å². The molecule has 0 bridgehead atoms. The predicted molar refractivity (Wildman–Crippen MR) is 49.6 cm³/mol. The molecule has 1 saturated heterocycles. The quantitative estimate of drug-likeness (QED) is 0.585. The van der Waals surface area contributed by atoms with Crippen LogP contribution in [0.25, 0.3) is 0 Å². The van der Waals surface area contributed by atoms with Crippen LogP contribution in [0.3, 0.4) is 0 Å². The van der Waals surface area contributed by atoms with Crippen molar-refractivity contribution in [3.8, 4) is 0 Å². The lowest BCUT2D eigenvalue weighted by atomic mass is 10.0. The number of aliphatic carboxylic acids is 1. The molecule has 1 aliphatic rings. The van der Waals surface area contributed by atoms with Crippen LogP contribution >= 0.6 is 0 Å². The summed E-state index contributed by atoms with van der Waals surface area (Å²) in [6.07, 6.45) is 1.26. The summed E-state index contributed by atoms with van der Waals surface area (Å²) in [6.45, 7) is 0.305. The standard InChI is InChI=1S/C8H10N4O4/c13-7(5-1-9-12-11-5)10-6-3-16-2-4(6)8(14)15/h1,4,6H,2-3H2,(H,10,13)(H,14,15)(H,9,11,12). The normalized spacial score (nSPS) is 24.2. The number of aromatic amines is 1. The maximum atomic E-state index is 11.5. The summed E-state index contributed by atoms with van der Waals surface area (Å²) < 4.78 is 5.01. The Hall–Kier alpha value is -1.96. The lowest BCUT2D eigenvalue weighted by Crippen LogP contribution is -2.42. The fourth-order valence-corrected chi connectivity index (χ4v) is 1.49. The first kappa shape index (κ1) is 10.6. The molecule has 86 valence electrons. The van der Waals surface area contributed by atoms with Crippen LogP contribution in [-0.4, -0.2) is 51.6 Å². The second kappa shape index (κ2) is 4.27. The highest BCUT2D eigenvalue weighted by Crippen LogP contribution is 2.14. The second-order valence-corrected chi connectivity index (χ2v) is 3.42. The minimum atomic E-state index is -0.983. The molecule has 2 rings (SSSR count). The van der Waals surface area contributed by atoms with Crippen molar-refractivity contribution < 1.29 is 19.4 Å². The van der Waals surface area contributed by atoms with Crippen molar-refractivity contribution in [1.29, 1.82) is 0 Å². The third kappa shape index (κ3) is 2.01. The van der Waals surface area contributed by atoms with Crippen molar-refractivity contribution in [2.24, 2.45) is 5.92 Å². The van der Waals surface area contributed by atoms with Crippen LogP contribution in [0.1, 0.15) is 10.5 Å². The number of nitrogens with zero attached hydrogens (tertiary/aromatic N) is 2. The molecule has 1 aromatic heterocycles. The van der Waals surface area contributed by atoms with Gasteiger partial charge in [0.1, 0.15) is 5.92 Å². The van der Waals surface area contributed by atoms with Gasteiger partial charge in [-0.3, -0.25) is 9.59 Å². The van der Waals surface area contributed by atoms with Gasteiger partial charge in [0.2, 0.25) is 0 Å². The van der Waals surface area contributed by atoms with Gasteiger partial charge in [-0.05, 0) is 0 Å². The maximum Gasteiger partial charge on any atom is 0.311 e. The Labute approximate surface area is 90.0 Å². The molecule has 3 N–H and O–H groups in total. The number of carboxylic acid groups (broad SMARTS) is 1. The molecule has 1 aliphatic heterocycles. The molecule has 1 aromatic rings. The van der Waals surface area contributed by atoms with E-state index in [1.165, 1.54) is 6.20 Å². The molecular formula is C8H10N4O4. The molecule has 0 aromatic carbocycles. The lowest BCUT2D eigenvalue weighted by molar-refractivity contribution is -0.142. The van der Waals surface area contributed by atoms with Crippen molar-refractivity contribution in [3.63, 3.8) is 0 Å². The first-order chi connectivity index (χ1) is 7.68. The third-order valence-electron chi connectivity index (χ3n) is 2.36. The fourth-order valence-electron chi connectivity index (χ4n) is 1.49. The van der Waals surface area contributed by atoms with Gasteiger partial charge in [-0.2, -0.15) is 15.4 Å². The number of carbonyl (C=O) groups excluding carboxylic acids is 1. The van der Waals surface area contributed by atoms with E-state index in [1.807, 2.05) is 0 Å². The molecule has 2 atom stereocenters. The largest absolute Gasteiger partial charge is 0.481 e. The summed E-state index contributed by atoms with van der Waals surface area (Å²) in [7, 11) is 0. The van der Waals surface area contributed by atoms with E-state index in [-0.39, 0.29) is 18.9 Å². The number of hydrogen-bond acceptors (Lipinski definition) is 5. The predicted octanol–water partition coefficient (Wildman–Crippen LogP) is -1.37. The number of amides is 1. The Morgan fingerprint density at radius 2 is 2.38 bits per heavy atom. The maximum absolute atomic E-state index is 11.5. The number of carbonyl (C=O) groups is 2. The molecule has 0 aliphatic carbocycles. The minimum absolute atomic E-state index is 0.110. The molecule has 0 spiro atoms. The summed E-state index contributed by atoms with van der Waals surface area (Å²) in [6, 6.07) is -0.526. The van der Waals surface area contributed by atoms with Crippen molar-refractivity contribution in [2.45, 2.75) is 6.04 Å². The summed E-state index contributed by atoms with van der Waals surface area (Å²) in [5.74, 6) is -2.16. The Morgan fingerprint density at radius 3 is 3.00 bits per heavy atom. The van der Waals surface area contributed by atoms with Crippen LogP contribution in [0.4, 0.5) is 0 Å². The average molecular weight is 226 g/mol. The lowest BCUT2D eigenvalue weighted by Gasteiger charge is -2.14. The average Bonchev–Trinajstić information content (AvgIpc) is 2.86. The van der Waals surface area contributed by atoms with Gasteiger partial charge >= 0.3 is 5.97 Å². The van der Waals surface area contributed by atoms with Gasteiger partial charge in [0.25, 0.3) is 5.91 Å². The van der Waals surface area contributed by atoms with E-state index in [2.05, 4.69) is 20.7 Å². The van der Waals surface area contributed by atoms with Gasteiger partial charge in [0.15, 0.2) is 5.69 Å². The van der Waals surface area contributed by atoms with Crippen molar-refractivity contribution in [3.05, 3.63) is 11.9 Å². The van der Waals surface area contributed by atoms with Gasteiger partial charge in [0, 0.05) is 0 Å². The third-order valence-corrected chi connectivity index (χ3v) is 2.36. The van der Waals surface area contributed by atoms with Gasteiger partial charge in [-0.1, -0.05) is 0 Å². The molecule has 16 heavy (non-hydrogen) atoms. The van der Waals surface area contributed by atoms with E-state index in [1.54, 1.807) is 0 Å². The zero-order valence-corrected chi connectivity index (χ0v) is 8.21. The molecule has 1 amide bonds. The number of aromatic nitrogens is 3. The van der Waals surface area contributed by atoms with Crippen LogP contribution in [-0.2, 0) is 9.53 Å². The Bertz CT molecular complexity index is 391. The number of ether oxygens (including phenoxy) is 1. The van der Waals surface area contributed by atoms with E-state index in [4.69, 9.17) is 9.84 Å². The number of rotatable bonds is 3. The summed E-state index contributed by atoms with van der Waals surface area (Å²) in [5.41, 5.74) is 0.121. The van der Waals surface area contributed by atoms with E-state index in [9.17, 15) is 9.59 Å². The first-order valence-corrected chi connectivity index (χ1v) is 4.65. The number of carboxylic acids is 1. The highest BCUT2D eigenvalue weighted by atomic mass is 16.5. The fraction of sp³-hybridized carbons (Fsp3) is 0.500. The van der Waals surface area contributed by atoms with Crippen LogP contribution in [0.5, 0.6) is 0 Å². The first-order valence-electron chi connectivity index (χ1n) is 4.65. The van der Waals surface area contributed by atoms with Crippen molar-refractivity contribution in [1.82, 2.24) is 20.7 Å². The molecule has 0 radical (unpaired) electrons. The molecule has 8 heteroatoms. The topological polar surface area (TPSA) is 117 Å². The molecule has 1 fully saturated rings. The highest BCUT2D eigenvalue weighted by Gasteiger charge is 2.35. The summed E-state index contributed by atoms with van der Waals surface area (Å²) in [5, 5.41) is 20.8. The van der Waals surface area contributed by atoms with Crippen LogP contribution < -0.4 is 5.32 Å². The zero-order valence-electron chi connectivity index (χ0n) is 8.21. The van der Waals surface area contributed by atoms with Gasteiger partial charge in [0.05, 0.1) is 25.5 Å². The summed E-state index contributed by atoms with van der Waals surface area (Å²) >= 11 is 0. The van der Waals surface area contributed by atoms with Gasteiger partial charge < -0.3 is 15.2 Å². The smallest absolute Gasteiger partial charge is 0.311 e. The SMILES string of the molecule is O=C(NC1COCC1C(=O)O)c1cn[nH]n1. The van der Waals surface area contributed by atoms with E-state index < -0.39 is 23.8 Å². The van der Waals surface area contributed by atoms with Crippen LogP contribution in [0.15, 0.2) is 6.20 Å². The molecule has 2 heterocycles. The van der Waals surface area contributed by atoms with E-state index >= 15 is 0 Å². The number of hydrogen-bond donors (Lipinski definition) is 3. The molecule has 0 saturated carbocycles. The van der Waals surface area contributed by atoms with Gasteiger partial charge in [-0.25, -0.2) is 0 Å². The Kier molecular flexibility index (Phi) is 2.82. The Morgan fingerprint density at radius 1 is 1.56 bits per heavy atom. The highest BCUT2D eigenvalue weighted by molar-refractivity contribution is 5.92. The van der Waals surface area contributed by atoms with Crippen LogP contribution in [0.2, 0.25) is 0 Å².